The fourth-order valence-corrected chi connectivity index (χ4v) is 1.50. The molecule has 0 radical (unpaired) electrons. The molecule has 0 aromatic heterocycles. The van der Waals surface area contributed by atoms with E-state index in [4.69, 9.17) is 25.4 Å². The molecule has 1 rings (SSSR count). The van der Waals surface area contributed by atoms with Gasteiger partial charge in [0.25, 0.3) is 0 Å². The topological polar surface area (TPSA) is 36.9 Å². The molecule has 0 heterocycles. The predicted molar refractivity (Wildman–Crippen MR) is 69.7 cm³/mol. The quantitative estimate of drug-likeness (QED) is 0.550. The molecule has 0 atom stereocenters. The Labute approximate surface area is 108 Å². The van der Waals surface area contributed by atoms with E-state index in [2.05, 4.69) is 5.92 Å². The zero-order valence-electron chi connectivity index (χ0n) is 11.0. The summed E-state index contributed by atoms with van der Waals surface area (Å²) < 4.78 is 21.3. The molecule has 0 N–H and O–H groups in total. The Morgan fingerprint density at radius 1 is 1.06 bits per heavy atom. The summed E-state index contributed by atoms with van der Waals surface area (Å²) in [6.45, 7) is 0.558. The third-order valence-electron chi connectivity index (χ3n) is 2.37. The number of hydrogen-bond donors (Lipinski definition) is 0. The number of benzene rings is 1. The Hall–Kier alpha value is -2.02. The van der Waals surface area contributed by atoms with E-state index >= 15 is 0 Å². The highest BCUT2D eigenvalue weighted by Gasteiger charge is 2.13. The van der Waals surface area contributed by atoms with E-state index in [1.54, 1.807) is 33.5 Å². The first-order valence-electron chi connectivity index (χ1n) is 5.63. The number of unbranched alkanes of at least 4 members (excludes halogenated alkanes) is 1. The lowest BCUT2D eigenvalue weighted by Gasteiger charge is -2.14. The lowest BCUT2D eigenvalue weighted by atomic mass is 10.2. The first-order chi connectivity index (χ1) is 8.76. The van der Waals surface area contributed by atoms with E-state index in [0.717, 1.165) is 6.42 Å². The summed E-state index contributed by atoms with van der Waals surface area (Å²) in [4.78, 5) is 0. The monoisotopic (exact) mass is 250 g/mol. The first-order valence-corrected chi connectivity index (χ1v) is 5.63. The molecule has 0 fully saturated rings. The van der Waals surface area contributed by atoms with Gasteiger partial charge in [0.05, 0.1) is 27.9 Å². The minimum atomic E-state index is 0.552. The number of rotatable bonds is 7. The van der Waals surface area contributed by atoms with E-state index in [1.165, 1.54) is 0 Å². The predicted octanol–water partition coefficient (Wildman–Crippen LogP) is 2.50. The normalized spacial score (nSPS) is 9.44. The maximum atomic E-state index is 5.58. The Bertz CT molecular complexity index is 395. The molecule has 0 amide bonds. The van der Waals surface area contributed by atoms with E-state index in [0.29, 0.717) is 36.0 Å². The van der Waals surface area contributed by atoms with Crippen LogP contribution in [-0.4, -0.2) is 27.9 Å². The lowest BCUT2D eigenvalue weighted by Crippen LogP contribution is -2.00. The molecule has 98 valence electrons. The van der Waals surface area contributed by atoms with Crippen molar-refractivity contribution in [2.24, 2.45) is 0 Å². The summed E-state index contributed by atoms with van der Waals surface area (Å²) in [5, 5.41) is 0. The second-order valence-electron chi connectivity index (χ2n) is 3.52. The van der Waals surface area contributed by atoms with Crippen LogP contribution in [-0.2, 0) is 0 Å². The van der Waals surface area contributed by atoms with Gasteiger partial charge in [0, 0.05) is 18.6 Å². The van der Waals surface area contributed by atoms with Crippen LogP contribution in [0.2, 0.25) is 0 Å². The molecule has 4 heteroatoms. The van der Waals surface area contributed by atoms with Gasteiger partial charge >= 0.3 is 0 Å². The van der Waals surface area contributed by atoms with Crippen LogP contribution in [0.1, 0.15) is 12.8 Å². The van der Waals surface area contributed by atoms with Crippen molar-refractivity contribution in [3.8, 4) is 35.3 Å². The summed E-state index contributed by atoms with van der Waals surface area (Å²) in [6, 6.07) is 3.52. The van der Waals surface area contributed by atoms with Crippen molar-refractivity contribution in [2.45, 2.75) is 12.8 Å². The standard InChI is InChI=1S/C14H18O4/c1-5-6-7-8-18-11-9-12(15-2)14(17-4)13(10-11)16-3/h1,9-10H,6-8H2,2-4H3. The Kier molecular flexibility index (Phi) is 5.72. The average molecular weight is 250 g/mol. The molecular weight excluding hydrogens is 232 g/mol. The van der Waals surface area contributed by atoms with Crippen molar-refractivity contribution in [3.63, 3.8) is 0 Å². The van der Waals surface area contributed by atoms with Gasteiger partial charge in [0.2, 0.25) is 5.75 Å². The summed E-state index contributed by atoms with van der Waals surface area (Å²) in [6.07, 6.45) is 6.69. The molecular formula is C14H18O4. The second-order valence-corrected chi connectivity index (χ2v) is 3.52. The summed E-state index contributed by atoms with van der Waals surface area (Å²) >= 11 is 0. The third-order valence-corrected chi connectivity index (χ3v) is 2.37. The van der Waals surface area contributed by atoms with E-state index in [9.17, 15) is 0 Å². The van der Waals surface area contributed by atoms with Crippen LogP contribution >= 0.6 is 0 Å². The van der Waals surface area contributed by atoms with Gasteiger partial charge in [-0.15, -0.1) is 12.3 Å². The smallest absolute Gasteiger partial charge is 0.203 e. The van der Waals surface area contributed by atoms with Gasteiger partial charge in [0.15, 0.2) is 11.5 Å². The van der Waals surface area contributed by atoms with Gasteiger partial charge in [-0.3, -0.25) is 0 Å². The fraction of sp³-hybridized carbons (Fsp3) is 0.429. The number of methoxy groups -OCH3 is 3. The van der Waals surface area contributed by atoms with Crippen LogP contribution in [0.25, 0.3) is 0 Å². The highest BCUT2D eigenvalue weighted by atomic mass is 16.5. The minimum absolute atomic E-state index is 0.552. The van der Waals surface area contributed by atoms with E-state index in [-0.39, 0.29) is 0 Å². The molecule has 0 bridgehead atoms. The molecule has 4 nitrogen and oxygen atoms in total. The maximum absolute atomic E-state index is 5.58. The number of terminal acetylenes is 1. The molecule has 18 heavy (non-hydrogen) atoms. The number of ether oxygens (including phenoxy) is 4. The molecule has 0 aliphatic rings. The Balaban J connectivity index is 2.83. The maximum Gasteiger partial charge on any atom is 0.203 e. The molecule has 0 saturated carbocycles. The largest absolute Gasteiger partial charge is 0.493 e. The summed E-state index contributed by atoms with van der Waals surface area (Å²) in [5.74, 6) is 4.93. The van der Waals surface area contributed by atoms with E-state index in [1.807, 2.05) is 0 Å². The van der Waals surface area contributed by atoms with Crippen LogP contribution in [0.3, 0.4) is 0 Å². The van der Waals surface area contributed by atoms with Gasteiger partial charge in [-0.05, 0) is 6.42 Å². The van der Waals surface area contributed by atoms with Gasteiger partial charge in [-0.25, -0.2) is 0 Å². The Morgan fingerprint density at radius 3 is 2.11 bits per heavy atom. The molecule has 1 aromatic carbocycles. The van der Waals surface area contributed by atoms with Gasteiger partial charge in [-0.2, -0.15) is 0 Å². The molecule has 0 saturated heterocycles. The van der Waals surface area contributed by atoms with E-state index < -0.39 is 0 Å². The van der Waals surface area contributed by atoms with Crippen molar-refractivity contribution in [3.05, 3.63) is 12.1 Å². The minimum Gasteiger partial charge on any atom is -0.493 e. The number of hydrogen-bond acceptors (Lipinski definition) is 4. The zero-order chi connectivity index (χ0) is 13.4. The van der Waals surface area contributed by atoms with Gasteiger partial charge in [-0.1, -0.05) is 0 Å². The SMILES string of the molecule is C#CCCCOc1cc(OC)c(OC)c(OC)c1. The van der Waals surface area contributed by atoms with Crippen LogP contribution in [0.4, 0.5) is 0 Å². The van der Waals surface area contributed by atoms with Crippen LogP contribution in [0, 0.1) is 12.3 Å². The molecule has 0 unspecified atom stereocenters. The molecule has 0 aliphatic heterocycles. The Morgan fingerprint density at radius 2 is 1.67 bits per heavy atom. The van der Waals surface area contributed by atoms with Crippen molar-refractivity contribution in [1.82, 2.24) is 0 Å². The second kappa shape index (κ2) is 7.33. The molecule has 1 aromatic rings. The van der Waals surface area contributed by atoms with Crippen LogP contribution < -0.4 is 18.9 Å². The molecule has 0 aliphatic carbocycles. The summed E-state index contributed by atoms with van der Waals surface area (Å²) in [5.41, 5.74) is 0. The average Bonchev–Trinajstić information content (AvgIpc) is 2.42. The highest BCUT2D eigenvalue weighted by Crippen LogP contribution is 2.40. The van der Waals surface area contributed by atoms with Gasteiger partial charge in [0.1, 0.15) is 5.75 Å². The highest BCUT2D eigenvalue weighted by molar-refractivity contribution is 5.55. The first kappa shape index (κ1) is 14.0. The zero-order valence-corrected chi connectivity index (χ0v) is 11.0. The van der Waals surface area contributed by atoms with Crippen molar-refractivity contribution in [2.75, 3.05) is 27.9 Å². The van der Waals surface area contributed by atoms with Gasteiger partial charge < -0.3 is 18.9 Å². The fourth-order valence-electron chi connectivity index (χ4n) is 1.50. The molecule has 0 spiro atoms. The van der Waals surface area contributed by atoms with Crippen LogP contribution in [0.15, 0.2) is 12.1 Å². The third kappa shape index (κ3) is 3.49. The van der Waals surface area contributed by atoms with Crippen molar-refractivity contribution >= 4 is 0 Å². The van der Waals surface area contributed by atoms with Crippen LogP contribution in [0.5, 0.6) is 23.0 Å². The summed E-state index contributed by atoms with van der Waals surface area (Å²) in [7, 11) is 4.70. The van der Waals surface area contributed by atoms with Crippen molar-refractivity contribution < 1.29 is 18.9 Å². The lowest BCUT2D eigenvalue weighted by molar-refractivity contribution is 0.296. The van der Waals surface area contributed by atoms with Crippen molar-refractivity contribution in [1.29, 1.82) is 0 Å².